The van der Waals surface area contributed by atoms with Crippen LogP contribution in [0.25, 0.3) is 10.8 Å². The molecule has 0 amide bonds. The Morgan fingerprint density at radius 2 is 2.35 bits per heavy atom. The lowest BCUT2D eigenvalue weighted by atomic mass is 10.4. The first-order valence-corrected chi connectivity index (χ1v) is 6.63. The number of ether oxygens (including phenoxy) is 1. The van der Waals surface area contributed by atoms with Gasteiger partial charge in [-0.15, -0.1) is 11.3 Å². The summed E-state index contributed by atoms with van der Waals surface area (Å²) in [6.07, 6.45) is 0. The molecule has 2 heterocycles. The Bertz CT molecular complexity index is 547. The van der Waals surface area contributed by atoms with Crippen molar-refractivity contribution in [2.45, 2.75) is 13.8 Å². The van der Waals surface area contributed by atoms with Crippen molar-refractivity contribution in [1.29, 1.82) is 0 Å². The highest BCUT2D eigenvalue weighted by molar-refractivity contribution is 9.11. The normalized spacial score (nSPS) is 10.5. The number of oxazole rings is 1. The molecule has 0 N–H and O–H groups in total. The average Bonchev–Trinajstić information content (AvgIpc) is 2.85. The minimum absolute atomic E-state index is 0.173. The molecular formula is C11H10BrNO3S. The second-order valence-corrected chi connectivity index (χ2v) is 5.72. The van der Waals surface area contributed by atoms with E-state index in [0.29, 0.717) is 18.2 Å². The highest BCUT2D eigenvalue weighted by atomic mass is 79.9. The van der Waals surface area contributed by atoms with Gasteiger partial charge >= 0.3 is 5.97 Å². The number of nitrogens with zero attached hydrogens (tertiary/aromatic N) is 1. The molecule has 0 atom stereocenters. The van der Waals surface area contributed by atoms with E-state index in [9.17, 15) is 4.79 Å². The predicted molar refractivity (Wildman–Crippen MR) is 68.2 cm³/mol. The van der Waals surface area contributed by atoms with Gasteiger partial charge in [-0.2, -0.15) is 0 Å². The average molecular weight is 316 g/mol. The molecule has 0 aliphatic heterocycles. The van der Waals surface area contributed by atoms with Crippen molar-refractivity contribution in [2.24, 2.45) is 0 Å². The first kappa shape index (κ1) is 12.3. The number of esters is 1. The summed E-state index contributed by atoms with van der Waals surface area (Å²) in [7, 11) is 0. The van der Waals surface area contributed by atoms with Crippen LogP contribution in [0, 0.1) is 6.92 Å². The zero-order chi connectivity index (χ0) is 12.4. The zero-order valence-electron chi connectivity index (χ0n) is 9.32. The summed E-state index contributed by atoms with van der Waals surface area (Å²) in [5, 5.41) is 0. The minimum atomic E-state index is -0.473. The van der Waals surface area contributed by atoms with E-state index >= 15 is 0 Å². The van der Waals surface area contributed by atoms with Crippen LogP contribution in [0.5, 0.6) is 0 Å². The van der Waals surface area contributed by atoms with Gasteiger partial charge in [-0.25, -0.2) is 9.78 Å². The maximum atomic E-state index is 11.6. The lowest BCUT2D eigenvalue weighted by Gasteiger charge is -1.96. The van der Waals surface area contributed by atoms with E-state index in [2.05, 4.69) is 20.9 Å². The fourth-order valence-corrected chi connectivity index (χ4v) is 2.63. The smallest absolute Gasteiger partial charge is 0.376 e. The van der Waals surface area contributed by atoms with Crippen molar-refractivity contribution < 1.29 is 13.9 Å². The largest absolute Gasteiger partial charge is 0.460 e. The molecule has 0 unspecified atom stereocenters. The SMILES string of the molecule is CCOC(=O)c1oc(-c2ccc(Br)s2)nc1C. The molecule has 0 aliphatic carbocycles. The molecule has 2 rings (SSSR count). The third-order valence-corrected chi connectivity index (χ3v) is 3.65. The van der Waals surface area contributed by atoms with Gasteiger partial charge in [0.25, 0.3) is 0 Å². The van der Waals surface area contributed by atoms with Crippen LogP contribution in [0.1, 0.15) is 23.2 Å². The van der Waals surface area contributed by atoms with Crippen LogP contribution in [0.2, 0.25) is 0 Å². The van der Waals surface area contributed by atoms with E-state index in [1.165, 1.54) is 11.3 Å². The van der Waals surface area contributed by atoms with Crippen molar-refractivity contribution in [2.75, 3.05) is 6.61 Å². The van der Waals surface area contributed by atoms with Crippen molar-refractivity contribution in [3.05, 3.63) is 27.4 Å². The Kier molecular flexibility index (Phi) is 3.63. The van der Waals surface area contributed by atoms with Crippen LogP contribution >= 0.6 is 27.3 Å². The van der Waals surface area contributed by atoms with Crippen molar-refractivity contribution >= 4 is 33.2 Å². The molecule has 2 aromatic rings. The van der Waals surface area contributed by atoms with Gasteiger partial charge in [0.2, 0.25) is 11.7 Å². The number of rotatable bonds is 3. The molecule has 17 heavy (non-hydrogen) atoms. The van der Waals surface area contributed by atoms with E-state index in [4.69, 9.17) is 9.15 Å². The molecule has 2 aromatic heterocycles. The van der Waals surface area contributed by atoms with Gasteiger partial charge < -0.3 is 9.15 Å². The minimum Gasteiger partial charge on any atom is -0.460 e. The summed E-state index contributed by atoms with van der Waals surface area (Å²) in [4.78, 5) is 16.6. The lowest BCUT2D eigenvalue weighted by Crippen LogP contribution is -2.04. The van der Waals surface area contributed by atoms with Crippen LogP contribution in [0.3, 0.4) is 0 Å². The van der Waals surface area contributed by atoms with Crippen LogP contribution in [0.15, 0.2) is 20.3 Å². The molecule has 4 nitrogen and oxygen atoms in total. The maximum absolute atomic E-state index is 11.6. The molecule has 0 aromatic carbocycles. The van der Waals surface area contributed by atoms with Crippen LogP contribution in [0.4, 0.5) is 0 Å². The van der Waals surface area contributed by atoms with Crippen molar-refractivity contribution in [3.63, 3.8) is 0 Å². The summed E-state index contributed by atoms with van der Waals surface area (Å²) >= 11 is 4.86. The van der Waals surface area contributed by atoms with E-state index in [1.807, 2.05) is 12.1 Å². The number of halogens is 1. The molecule has 90 valence electrons. The van der Waals surface area contributed by atoms with Crippen molar-refractivity contribution in [1.82, 2.24) is 4.98 Å². The van der Waals surface area contributed by atoms with Crippen molar-refractivity contribution in [3.8, 4) is 10.8 Å². The maximum Gasteiger partial charge on any atom is 0.376 e. The number of aryl methyl sites for hydroxylation is 1. The highest BCUT2D eigenvalue weighted by Gasteiger charge is 2.19. The van der Waals surface area contributed by atoms with E-state index in [-0.39, 0.29) is 5.76 Å². The molecule has 0 spiro atoms. The topological polar surface area (TPSA) is 52.3 Å². The fourth-order valence-electron chi connectivity index (χ4n) is 1.32. The van der Waals surface area contributed by atoms with Crippen LogP contribution in [-0.2, 0) is 4.74 Å². The van der Waals surface area contributed by atoms with Gasteiger partial charge in [0.15, 0.2) is 0 Å². The summed E-state index contributed by atoms with van der Waals surface area (Å²) < 4.78 is 11.3. The van der Waals surface area contributed by atoms with Gasteiger partial charge in [-0.3, -0.25) is 0 Å². The molecule has 0 saturated carbocycles. The number of hydrogen-bond acceptors (Lipinski definition) is 5. The van der Waals surface area contributed by atoms with Gasteiger partial charge in [0.1, 0.15) is 0 Å². The first-order valence-electron chi connectivity index (χ1n) is 5.02. The van der Waals surface area contributed by atoms with E-state index in [1.54, 1.807) is 13.8 Å². The molecule has 0 bridgehead atoms. The van der Waals surface area contributed by atoms with Gasteiger partial charge in [0.05, 0.1) is 21.0 Å². The van der Waals surface area contributed by atoms with Gasteiger partial charge in [-0.1, -0.05) is 0 Å². The van der Waals surface area contributed by atoms with Crippen LogP contribution in [-0.4, -0.2) is 17.6 Å². The Balaban J connectivity index is 2.33. The number of carbonyl (C=O) groups excluding carboxylic acids is 1. The predicted octanol–water partition coefficient (Wildman–Crippen LogP) is 3.65. The number of hydrogen-bond donors (Lipinski definition) is 0. The Morgan fingerprint density at radius 3 is 2.94 bits per heavy atom. The second-order valence-electron chi connectivity index (χ2n) is 3.26. The molecule has 0 saturated heterocycles. The summed E-state index contributed by atoms with van der Waals surface area (Å²) in [5.74, 6) is 0.145. The number of aromatic nitrogens is 1. The Hall–Kier alpha value is -1.14. The molecule has 6 heteroatoms. The molecular weight excluding hydrogens is 306 g/mol. The first-order chi connectivity index (χ1) is 8.11. The lowest BCUT2D eigenvalue weighted by molar-refractivity contribution is 0.0490. The van der Waals surface area contributed by atoms with E-state index in [0.717, 1.165) is 8.66 Å². The Morgan fingerprint density at radius 1 is 1.59 bits per heavy atom. The second kappa shape index (κ2) is 5.01. The van der Waals surface area contributed by atoms with Gasteiger partial charge in [-0.05, 0) is 41.9 Å². The third kappa shape index (κ3) is 2.58. The fraction of sp³-hybridized carbons (Fsp3) is 0.273. The Labute approximate surface area is 111 Å². The van der Waals surface area contributed by atoms with Crippen LogP contribution < -0.4 is 0 Å². The number of thiophene rings is 1. The van der Waals surface area contributed by atoms with E-state index < -0.39 is 5.97 Å². The molecule has 0 aliphatic rings. The zero-order valence-corrected chi connectivity index (χ0v) is 11.7. The highest BCUT2D eigenvalue weighted by Crippen LogP contribution is 2.31. The summed E-state index contributed by atoms with van der Waals surface area (Å²) in [6, 6.07) is 3.79. The summed E-state index contributed by atoms with van der Waals surface area (Å²) in [5.41, 5.74) is 0.544. The van der Waals surface area contributed by atoms with Gasteiger partial charge in [0, 0.05) is 0 Å². The molecule has 0 fully saturated rings. The quantitative estimate of drug-likeness (QED) is 0.811. The standard InChI is InChI=1S/C11H10BrNO3S/c1-3-15-11(14)9-6(2)13-10(16-9)7-4-5-8(12)17-7/h4-5H,3H2,1-2H3. The number of carbonyl (C=O) groups is 1. The molecule has 0 radical (unpaired) electrons. The summed E-state index contributed by atoms with van der Waals surface area (Å²) in [6.45, 7) is 3.79. The third-order valence-electron chi connectivity index (χ3n) is 2.04. The monoisotopic (exact) mass is 315 g/mol.